The molecule has 0 unspecified atom stereocenters. The van der Waals surface area contributed by atoms with Gasteiger partial charge >= 0.3 is 0 Å². The Bertz CT molecular complexity index is 3190. The molecular formula is C52H33NO2. The van der Waals surface area contributed by atoms with Gasteiger partial charge in [0.15, 0.2) is 5.58 Å². The van der Waals surface area contributed by atoms with Crippen molar-refractivity contribution in [1.82, 2.24) is 0 Å². The monoisotopic (exact) mass is 703 g/mol. The van der Waals surface area contributed by atoms with E-state index in [0.29, 0.717) is 0 Å². The molecule has 11 aromatic rings. The zero-order valence-corrected chi connectivity index (χ0v) is 29.8. The van der Waals surface area contributed by atoms with Crippen LogP contribution in [-0.2, 0) is 0 Å². The minimum atomic E-state index is 0.846. The first-order chi connectivity index (χ1) is 27.3. The molecule has 0 bridgehead atoms. The highest BCUT2D eigenvalue weighted by atomic mass is 16.3. The summed E-state index contributed by atoms with van der Waals surface area (Å²) < 4.78 is 13.1. The fraction of sp³-hybridized carbons (Fsp3) is 0. The van der Waals surface area contributed by atoms with Crippen LogP contribution in [0, 0.1) is 0 Å². The molecule has 0 aliphatic carbocycles. The molecule has 2 aromatic heterocycles. The van der Waals surface area contributed by atoms with E-state index in [-0.39, 0.29) is 0 Å². The highest BCUT2D eigenvalue weighted by molar-refractivity contribution is 6.15. The van der Waals surface area contributed by atoms with Crippen LogP contribution in [0.5, 0.6) is 0 Å². The topological polar surface area (TPSA) is 29.5 Å². The van der Waals surface area contributed by atoms with Crippen LogP contribution in [0.3, 0.4) is 0 Å². The number of furan rings is 2. The van der Waals surface area contributed by atoms with Crippen LogP contribution in [0.4, 0.5) is 17.1 Å². The molecule has 0 saturated heterocycles. The number of rotatable bonds is 6. The second-order valence-corrected chi connectivity index (χ2v) is 14.0. The standard InChI is InChI=1S/C52H33NO2/c1-3-13-35(14-4-1)39-30-31-47(42-18-8-7-17-41(39)42)53(38-28-25-34(26-29-38)37-27-32-50-46(33-37)43-19-9-10-24-49(43)54-50)48-23-12-22-45-44-21-11-20-40(51(44)55-52(45)48)36-15-5-2-6-16-36/h1-33H. The SMILES string of the molecule is c1ccc(-c2ccc(N(c3ccc(-c4ccc5oc6ccccc6c5c4)cc3)c3cccc4c3oc3c(-c5ccccc5)cccc34)c3ccccc23)cc1. The third-order valence-corrected chi connectivity index (χ3v) is 10.9. The zero-order chi connectivity index (χ0) is 36.3. The Hall–Kier alpha value is -7.36. The van der Waals surface area contributed by atoms with Gasteiger partial charge in [0.2, 0.25) is 0 Å². The maximum atomic E-state index is 7.01. The first-order valence-electron chi connectivity index (χ1n) is 18.7. The second-order valence-electron chi connectivity index (χ2n) is 14.0. The largest absolute Gasteiger partial charge is 0.456 e. The van der Waals surface area contributed by atoms with Crippen molar-refractivity contribution < 1.29 is 8.83 Å². The lowest BCUT2D eigenvalue weighted by Gasteiger charge is -2.27. The van der Waals surface area contributed by atoms with Crippen molar-refractivity contribution in [1.29, 1.82) is 0 Å². The minimum absolute atomic E-state index is 0.846. The summed E-state index contributed by atoms with van der Waals surface area (Å²) in [6.07, 6.45) is 0. The summed E-state index contributed by atoms with van der Waals surface area (Å²) in [5.41, 5.74) is 13.5. The fourth-order valence-corrected chi connectivity index (χ4v) is 8.29. The Balaban J connectivity index is 1.12. The molecule has 258 valence electrons. The molecule has 0 fully saturated rings. The van der Waals surface area contributed by atoms with Crippen molar-refractivity contribution >= 4 is 71.7 Å². The van der Waals surface area contributed by atoms with Crippen molar-refractivity contribution in [3.63, 3.8) is 0 Å². The van der Waals surface area contributed by atoms with E-state index >= 15 is 0 Å². The summed E-state index contributed by atoms with van der Waals surface area (Å²) in [5, 5.41) is 6.77. The molecular weight excluding hydrogens is 671 g/mol. The fourth-order valence-electron chi connectivity index (χ4n) is 8.29. The molecule has 0 amide bonds. The van der Waals surface area contributed by atoms with Crippen LogP contribution in [0.15, 0.2) is 209 Å². The van der Waals surface area contributed by atoms with Gasteiger partial charge in [-0.25, -0.2) is 0 Å². The van der Waals surface area contributed by atoms with Gasteiger partial charge in [0.25, 0.3) is 0 Å². The molecule has 2 heterocycles. The Morgan fingerprint density at radius 3 is 1.67 bits per heavy atom. The number of fused-ring (bicyclic) bond motifs is 7. The molecule has 11 rings (SSSR count). The Morgan fingerprint density at radius 2 is 0.891 bits per heavy atom. The van der Waals surface area contributed by atoms with E-state index in [9.17, 15) is 0 Å². The summed E-state index contributed by atoms with van der Waals surface area (Å²) in [7, 11) is 0. The molecule has 0 atom stereocenters. The van der Waals surface area contributed by atoms with E-state index < -0.39 is 0 Å². The summed E-state index contributed by atoms with van der Waals surface area (Å²) in [6.45, 7) is 0. The average Bonchev–Trinajstić information content (AvgIpc) is 3.83. The Morgan fingerprint density at radius 1 is 0.291 bits per heavy atom. The molecule has 0 saturated carbocycles. The van der Waals surface area contributed by atoms with E-state index in [1.165, 1.54) is 16.5 Å². The van der Waals surface area contributed by atoms with Crippen LogP contribution in [0.25, 0.3) is 88.0 Å². The summed E-state index contributed by atoms with van der Waals surface area (Å²) in [5.74, 6) is 0. The van der Waals surface area contributed by atoms with Crippen molar-refractivity contribution in [2.75, 3.05) is 4.90 Å². The molecule has 0 spiro atoms. The highest BCUT2D eigenvalue weighted by Crippen LogP contribution is 2.47. The highest BCUT2D eigenvalue weighted by Gasteiger charge is 2.23. The van der Waals surface area contributed by atoms with Crippen LogP contribution < -0.4 is 4.90 Å². The minimum Gasteiger partial charge on any atom is -0.456 e. The van der Waals surface area contributed by atoms with Gasteiger partial charge in [-0.3, -0.25) is 0 Å². The van der Waals surface area contributed by atoms with E-state index in [2.05, 4.69) is 193 Å². The van der Waals surface area contributed by atoms with Crippen molar-refractivity contribution in [2.45, 2.75) is 0 Å². The number of nitrogens with zero attached hydrogens (tertiary/aromatic N) is 1. The Labute approximate surface area is 317 Å². The van der Waals surface area contributed by atoms with Gasteiger partial charge in [-0.1, -0.05) is 158 Å². The molecule has 0 aliphatic heterocycles. The second kappa shape index (κ2) is 12.6. The van der Waals surface area contributed by atoms with Crippen LogP contribution in [-0.4, -0.2) is 0 Å². The van der Waals surface area contributed by atoms with Crippen LogP contribution >= 0.6 is 0 Å². The average molecular weight is 704 g/mol. The first-order valence-corrected chi connectivity index (χ1v) is 18.7. The van der Waals surface area contributed by atoms with Gasteiger partial charge in [-0.15, -0.1) is 0 Å². The first kappa shape index (κ1) is 31.2. The maximum Gasteiger partial charge on any atom is 0.159 e. The Kier molecular flexibility index (Phi) is 7.17. The predicted octanol–water partition coefficient (Wildman–Crippen LogP) is 15.1. The van der Waals surface area contributed by atoms with Crippen molar-refractivity contribution in [3.8, 4) is 33.4 Å². The van der Waals surface area contributed by atoms with E-state index in [4.69, 9.17) is 8.83 Å². The normalized spacial score (nSPS) is 11.6. The van der Waals surface area contributed by atoms with Crippen LogP contribution in [0.2, 0.25) is 0 Å². The number of anilines is 3. The smallest absolute Gasteiger partial charge is 0.159 e. The summed E-state index contributed by atoms with van der Waals surface area (Å²) >= 11 is 0. The molecule has 3 heteroatoms. The zero-order valence-electron chi connectivity index (χ0n) is 29.8. The van der Waals surface area contributed by atoms with Gasteiger partial charge < -0.3 is 13.7 Å². The molecule has 55 heavy (non-hydrogen) atoms. The van der Waals surface area contributed by atoms with E-state index in [1.54, 1.807) is 0 Å². The van der Waals surface area contributed by atoms with Crippen LogP contribution in [0.1, 0.15) is 0 Å². The molecule has 0 radical (unpaired) electrons. The van der Waals surface area contributed by atoms with Gasteiger partial charge in [0, 0.05) is 38.2 Å². The maximum absolute atomic E-state index is 7.01. The molecule has 3 nitrogen and oxygen atoms in total. The molecule has 9 aromatic carbocycles. The summed E-state index contributed by atoms with van der Waals surface area (Å²) in [6, 6.07) is 70.9. The van der Waals surface area contributed by atoms with Gasteiger partial charge in [-0.05, 0) is 75.7 Å². The van der Waals surface area contributed by atoms with Gasteiger partial charge in [-0.2, -0.15) is 0 Å². The lowest BCUT2D eigenvalue weighted by molar-refractivity contribution is 0.669. The predicted molar refractivity (Wildman–Crippen MR) is 229 cm³/mol. The number of benzene rings is 9. The number of hydrogen-bond donors (Lipinski definition) is 0. The number of hydrogen-bond acceptors (Lipinski definition) is 3. The van der Waals surface area contributed by atoms with Gasteiger partial charge in [0.1, 0.15) is 16.7 Å². The van der Waals surface area contributed by atoms with Crippen molar-refractivity contribution in [3.05, 3.63) is 200 Å². The lowest BCUT2D eigenvalue weighted by atomic mass is 9.96. The molecule has 0 aliphatic rings. The third kappa shape index (κ3) is 5.13. The van der Waals surface area contributed by atoms with Crippen molar-refractivity contribution in [2.24, 2.45) is 0 Å². The third-order valence-electron chi connectivity index (χ3n) is 10.9. The molecule has 0 N–H and O–H groups in total. The lowest BCUT2D eigenvalue weighted by Crippen LogP contribution is -2.11. The quantitative estimate of drug-likeness (QED) is 0.173. The van der Waals surface area contributed by atoms with E-state index in [0.717, 1.165) is 88.6 Å². The van der Waals surface area contributed by atoms with Gasteiger partial charge in [0.05, 0.1) is 11.4 Å². The summed E-state index contributed by atoms with van der Waals surface area (Å²) in [4.78, 5) is 2.36. The number of para-hydroxylation sites is 3. The van der Waals surface area contributed by atoms with E-state index in [1.807, 2.05) is 12.1 Å².